The highest BCUT2D eigenvalue weighted by atomic mass is 16.6. The summed E-state index contributed by atoms with van der Waals surface area (Å²) < 4.78 is 16.8. The minimum Gasteiger partial charge on any atom is -0.462 e. The van der Waals surface area contributed by atoms with Gasteiger partial charge in [0, 0.05) is 19.3 Å². The SMILES string of the molecule is CCCCCCCCCCCCCCCCCCCCCC(=O)OC[C@H](COC(=O)CCCCCCCCCCCCCCCC)OC(=O)CCCCCCCCCCCC. The summed E-state index contributed by atoms with van der Waals surface area (Å²) in [6.45, 7) is 6.68. The summed E-state index contributed by atoms with van der Waals surface area (Å²) in [5.74, 6) is -0.839. The Bertz CT molecular complexity index is 905. The minimum atomic E-state index is -0.759. The second kappa shape index (κ2) is 51.0. The van der Waals surface area contributed by atoms with Crippen molar-refractivity contribution < 1.29 is 28.6 Å². The van der Waals surface area contributed by atoms with E-state index in [4.69, 9.17) is 14.2 Å². The summed E-state index contributed by atoms with van der Waals surface area (Å²) in [5.41, 5.74) is 0. The van der Waals surface area contributed by atoms with Gasteiger partial charge >= 0.3 is 17.9 Å². The van der Waals surface area contributed by atoms with Crippen molar-refractivity contribution in [3.8, 4) is 0 Å². The van der Waals surface area contributed by atoms with Crippen molar-refractivity contribution in [3.63, 3.8) is 0 Å². The van der Waals surface area contributed by atoms with Gasteiger partial charge < -0.3 is 14.2 Å². The Balaban J connectivity index is 4.21. The van der Waals surface area contributed by atoms with Gasteiger partial charge in [0.25, 0.3) is 0 Å². The first kappa shape index (κ1) is 59.4. The van der Waals surface area contributed by atoms with Gasteiger partial charge in [0.05, 0.1) is 0 Å². The number of hydrogen-bond acceptors (Lipinski definition) is 6. The normalized spacial score (nSPS) is 11.9. The fourth-order valence-electron chi connectivity index (χ4n) is 8.45. The number of unbranched alkanes of at least 4 members (excludes halogenated alkanes) is 40. The Kier molecular flexibility index (Phi) is 49.7. The number of ether oxygens (including phenoxy) is 3. The second-order valence-corrected chi connectivity index (χ2v) is 18.9. The molecule has 0 saturated heterocycles. The van der Waals surface area contributed by atoms with E-state index in [1.165, 1.54) is 218 Å². The van der Waals surface area contributed by atoms with Gasteiger partial charge in [0.1, 0.15) is 13.2 Å². The van der Waals surface area contributed by atoms with Crippen LogP contribution in [0.5, 0.6) is 0 Å². The molecule has 0 unspecified atom stereocenters. The molecule has 6 nitrogen and oxygen atoms in total. The van der Waals surface area contributed by atoms with E-state index in [9.17, 15) is 14.4 Å². The molecule has 0 saturated carbocycles. The molecule has 1 atom stereocenters. The molecule has 0 aromatic heterocycles. The smallest absolute Gasteiger partial charge is 0.306 e. The van der Waals surface area contributed by atoms with E-state index < -0.39 is 6.10 Å². The zero-order chi connectivity index (χ0) is 44.4. The van der Waals surface area contributed by atoms with Crippen molar-refractivity contribution in [2.24, 2.45) is 0 Å². The Morgan fingerprint density at radius 3 is 0.656 bits per heavy atom. The van der Waals surface area contributed by atoms with Gasteiger partial charge in [-0.2, -0.15) is 0 Å². The van der Waals surface area contributed by atoms with Crippen LogP contribution in [0.15, 0.2) is 0 Å². The molecular formula is C55H106O6. The van der Waals surface area contributed by atoms with Crippen LogP contribution in [-0.4, -0.2) is 37.2 Å². The number of hydrogen-bond donors (Lipinski definition) is 0. The molecule has 0 spiro atoms. The molecule has 0 rings (SSSR count). The molecule has 6 heteroatoms. The van der Waals surface area contributed by atoms with Crippen molar-refractivity contribution in [1.82, 2.24) is 0 Å². The van der Waals surface area contributed by atoms with E-state index in [0.717, 1.165) is 57.8 Å². The third-order valence-electron chi connectivity index (χ3n) is 12.6. The fourth-order valence-corrected chi connectivity index (χ4v) is 8.45. The van der Waals surface area contributed by atoms with Crippen LogP contribution in [0.1, 0.15) is 316 Å². The van der Waals surface area contributed by atoms with Gasteiger partial charge in [-0.3, -0.25) is 14.4 Å². The van der Waals surface area contributed by atoms with E-state index in [1.54, 1.807) is 0 Å². The molecule has 0 amide bonds. The summed E-state index contributed by atoms with van der Waals surface area (Å²) >= 11 is 0. The monoisotopic (exact) mass is 863 g/mol. The molecule has 61 heavy (non-hydrogen) atoms. The summed E-state index contributed by atoms with van der Waals surface area (Å²) in [7, 11) is 0. The average Bonchev–Trinajstić information content (AvgIpc) is 3.26. The number of esters is 3. The lowest BCUT2D eigenvalue weighted by Gasteiger charge is -2.18. The quantitative estimate of drug-likeness (QED) is 0.0344. The summed E-state index contributed by atoms with van der Waals surface area (Å²) in [5, 5.41) is 0. The van der Waals surface area contributed by atoms with Crippen LogP contribution in [0.2, 0.25) is 0 Å². The van der Waals surface area contributed by atoms with Crippen LogP contribution in [0.3, 0.4) is 0 Å². The van der Waals surface area contributed by atoms with E-state index in [-0.39, 0.29) is 31.1 Å². The third kappa shape index (κ3) is 49.3. The Morgan fingerprint density at radius 1 is 0.262 bits per heavy atom. The molecule has 362 valence electrons. The highest BCUT2D eigenvalue weighted by Crippen LogP contribution is 2.17. The van der Waals surface area contributed by atoms with Crippen molar-refractivity contribution in [3.05, 3.63) is 0 Å². The number of carbonyl (C=O) groups is 3. The van der Waals surface area contributed by atoms with Gasteiger partial charge in [0.15, 0.2) is 6.10 Å². The fraction of sp³-hybridized carbons (Fsp3) is 0.945. The van der Waals surface area contributed by atoms with Crippen LogP contribution < -0.4 is 0 Å². The largest absolute Gasteiger partial charge is 0.462 e. The van der Waals surface area contributed by atoms with Crippen LogP contribution in [0, 0.1) is 0 Å². The average molecular weight is 863 g/mol. The summed E-state index contributed by atoms with van der Waals surface area (Å²) in [6.07, 6.45) is 55.2. The maximum absolute atomic E-state index is 12.8. The maximum atomic E-state index is 12.8. The second-order valence-electron chi connectivity index (χ2n) is 18.9. The molecule has 0 aromatic rings. The maximum Gasteiger partial charge on any atom is 0.306 e. The minimum absolute atomic E-state index is 0.0616. The van der Waals surface area contributed by atoms with Gasteiger partial charge in [0.2, 0.25) is 0 Å². The Hall–Kier alpha value is -1.59. The van der Waals surface area contributed by atoms with Crippen molar-refractivity contribution in [2.45, 2.75) is 322 Å². The predicted octanol–water partition coefficient (Wildman–Crippen LogP) is 18.0. The lowest BCUT2D eigenvalue weighted by Crippen LogP contribution is -2.30. The Labute approximate surface area is 380 Å². The molecule has 0 N–H and O–H groups in total. The molecule has 0 aliphatic rings. The lowest BCUT2D eigenvalue weighted by atomic mass is 10.0. The molecule has 0 bridgehead atoms. The van der Waals surface area contributed by atoms with Crippen molar-refractivity contribution in [1.29, 1.82) is 0 Å². The van der Waals surface area contributed by atoms with Crippen molar-refractivity contribution >= 4 is 17.9 Å². The topological polar surface area (TPSA) is 78.9 Å². The molecule has 0 aliphatic carbocycles. The van der Waals surface area contributed by atoms with Crippen LogP contribution in [0.25, 0.3) is 0 Å². The standard InChI is InChI=1S/C55H106O6/c1-4-7-10-13-16-19-22-24-26-27-28-29-30-32-34-37-39-42-45-48-54(57)60-51-52(61-55(58)49-46-43-40-35-21-18-15-12-9-6-3)50-59-53(56)47-44-41-38-36-33-31-25-23-20-17-14-11-8-5-2/h52H,4-51H2,1-3H3/t52-/m0/s1. The molecular weight excluding hydrogens is 757 g/mol. The molecule has 0 fully saturated rings. The highest BCUT2D eigenvalue weighted by molar-refractivity contribution is 5.71. The molecule has 0 heterocycles. The first-order chi connectivity index (χ1) is 30.0. The predicted molar refractivity (Wildman–Crippen MR) is 261 cm³/mol. The van der Waals surface area contributed by atoms with E-state index in [1.807, 2.05) is 0 Å². The first-order valence-electron chi connectivity index (χ1n) is 27.5. The number of rotatable bonds is 51. The third-order valence-corrected chi connectivity index (χ3v) is 12.6. The Morgan fingerprint density at radius 2 is 0.443 bits per heavy atom. The zero-order valence-electron chi connectivity index (χ0n) is 41.5. The molecule has 0 radical (unpaired) electrons. The van der Waals surface area contributed by atoms with Crippen molar-refractivity contribution in [2.75, 3.05) is 13.2 Å². The van der Waals surface area contributed by atoms with Gasteiger partial charge in [-0.1, -0.05) is 278 Å². The highest BCUT2D eigenvalue weighted by Gasteiger charge is 2.19. The van der Waals surface area contributed by atoms with E-state index in [0.29, 0.717) is 19.3 Å². The van der Waals surface area contributed by atoms with Gasteiger partial charge in [-0.05, 0) is 19.3 Å². The summed E-state index contributed by atoms with van der Waals surface area (Å²) in [4.78, 5) is 38.0. The van der Waals surface area contributed by atoms with Gasteiger partial charge in [-0.25, -0.2) is 0 Å². The summed E-state index contributed by atoms with van der Waals surface area (Å²) in [6, 6.07) is 0. The van der Waals surface area contributed by atoms with Crippen LogP contribution >= 0.6 is 0 Å². The molecule has 0 aliphatic heterocycles. The van der Waals surface area contributed by atoms with Gasteiger partial charge in [-0.15, -0.1) is 0 Å². The number of carbonyl (C=O) groups excluding carboxylic acids is 3. The lowest BCUT2D eigenvalue weighted by molar-refractivity contribution is -0.167. The zero-order valence-corrected chi connectivity index (χ0v) is 41.5. The van der Waals surface area contributed by atoms with Crippen LogP contribution in [0.4, 0.5) is 0 Å². The molecule has 0 aromatic carbocycles. The van der Waals surface area contributed by atoms with E-state index >= 15 is 0 Å². The van der Waals surface area contributed by atoms with Crippen LogP contribution in [-0.2, 0) is 28.6 Å². The van der Waals surface area contributed by atoms with E-state index in [2.05, 4.69) is 20.8 Å². The first-order valence-corrected chi connectivity index (χ1v) is 27.5.